The Balaban J connectivity index is 1.43. The molecule has 0 radical (unpaired) electrons. The molecule has 0 aliphatic rings. The van der Waals surface area contributed by atoms with Crippen molar-refractivity contribution >= 4 is 65.4 Å². The van der Waals surface area contributed by atoms with E-state index in [-0.39, 0.29) is 71.8 Å². The standard InChI is InChI=1S/C55H30F12N4/c1-28-8-14-44-36(20-28)37-21-29(2)9-15-45(37)70(44)50-31(27-68)22-48(69-42-16-10-32(52(56,57)58)23-38(42)39-24-33(53(59,60)61)11-17-43(39)69)49(30-6-4-3-5-7-30)51(50)71-46-18-12-34(54(62,63)64)25-40(46)41-26-35(55(65,66)67)13-19-47(41)71/h3-26H,1-2H3. The summed E-state index contributed by atoms with van der Waals surface area (Å²) in [5, 5.41) is 12.1. The zero-order valence-corrected chi connectivity index (χ0v) is 36.7. The summed E-state index contributed by atoms with van der Waals surface area (Å²) < 4.78 is 179. The van der Waals surface area contributed by atoms with Crippen LogP contribution in [0.25, 0.3) is 93.6 Å². The highest BCUT2D eigenvalue weighted by Gasteiger charge is 2.37. The maximum atomic E-state index is 14.6. The van der Waals surface area contributed by atoms with Crippen LogP contribution in [0, 0.1) is 25.2 Å². The number of aromatic nitrogens is 3. The Bertz CT molecular complexity index is 3880. The second-order valence-corrected chi connectivity index (χ2v) is 17.5. The molecule has 11 aromatic rings. The van der Waals surface area contributed by atoms with Crippen molar-refractivity contribution < 1.29 is 52.7 Å². The van der Waals surface area contributed by atoms with E-state index in [1.54, 1.807) is 34.9 Å². The summed E-state index contributed by atoms with van der Waals surface area (Å²) in [6.07, 6.45) is -19.7. The fraction of sp³-hybridized carbons (Fsp3) is 0.109. The van der Waals surface area contributed by atoms with Gasteiger partial charge in [-0.15, -0.1) is 0 Å². The lowest BCUT2D eigenvalue weighted by molar-refractivity contribution is -0.138. The highest BCUT2D eigenvalue weighted by atomic mass is 19.4. The van der Waals surface area contributed by atoms with Crippen molar-refractivity contribution in [2.24, 2.45) is 0 Å². The third kappa shape index (κ3) is 7.15. The largest absolute Gasteiger partial charge is 0.416 e. The van der Waals surface area contributed by atoms with Gasteiger partial charge in [0.1, 0.15) is 6.07 Å². The molecule has 16 heteroatoms. The monoisotopic (exact) mass is 974 g/mol. The van der Waals surface area contributed by atoms with E-state index in [0.29, 0.717) is 16.6 Å². The van der Waals surface area contributed by atoms with Crippen LogP contribution in [0.4, 0.5) is 52.7 Å². The Morgan fingerprint density at radius 1 is 0.366 bits per heavy atom. The van der Waals surface area contributed by atoms with E-state index in [4.69, 9.17) is 0 Å². The fourth-order valence-electron chi connectivity index (χ4n) is 9.98. The van der Waals surface area contributed by atoms with E-state index in [9.17, 15) is 57.9 Å². The summed E-state index contributed by atoms with van der Waals surface area (Å²) in [6, 6.07) is 33.8. The predicted molar refractivity (Wildman–Crippen MR) is 249 cm³/mol. The van der Waals surface area contributed by atoms with Gasteiger partial charge in [-0.25, -0.2) is 0 Å². The van der Waals surface area contributed by atoms with Gasteiger partial charge in [0.2, 0.25) is 0 Å². The number of halogens is 12. The van der Waals surface area contributed by atoms with Crippen molar-refractivity contribution in [3.63, 3.8) is 0 Å². The Labute approximate surface area is 393 Å². The SMILES string of the molecule is Cc1ccc2c(c1)c1cc(C)ccc1n2-c1c(C#N)cc(-n2c3ccc(C(F)(F)F)cc3c3cc(C(F)(F)F)ccc32)c(-c2ccccc2)c1-n1c2ccc(C(F)(F)F)cc2c2cc(C(F)(F)F)ccc21. The van der Waals surface area contributed by atoms with Crippen LogP contribution in [0.3, 0.4) is 0 Å². The smallest absolute Gasteiger partial charge is 0.308 e. The number of nitriles is 1. The van der Waals surface area contributed by atoms with Crippen LogP contribution in [-0.4, -0.2) is 13.7 Å². The normalized spacial score (nSPS) is 12.9. The van der Waals surface area contributed by atoms with Crippen molar-refractivity contribution in [2.75, 3.05) is 0 Å². The van der Waals surface area contributed by atoms with Crippen molar-refractivity contribution in [3.05, 3.63) is 185 Å². The second kappa shape index (κ2) is 15.4. The van der Waals surface area contributed by atoms with Crippen LogP contribution in [0.15, 0.2) is 146 Å². The van der Waals surface area contributed by atoms with Gasteiger partial charge in [0.15, 0.2) is 0 Å². The average Bonchev–Trinajstić information content (AvgIpc) is 3.93. The molecule has 0 bridgehead atoms. The van der Waals surface area contributed by atoms with Crippen LogP contribution in [0.5, 0.6) is 0 Å². The summed E-state index contributed by atoms with van der Waals surface area (Å²) in [4.78, 5) is 0. The molecule has 0 unspecified atom stereocenters. The molecule has 0 fully saturated rings. The molecular formula is C55H30F12N4. The molecule has 354 valence electrons. The summed E-state index contributed by atoms with van der Waals surface area (Å²) in [7, 11) is 0. The minimum atomic E-state index is -4.94. The number of aryl methyl sites for hydroxylation is 2. The van der Waals surface area contributed by atoms with Crippen molar-refractivity contribution in [1.82, 2.24) is 13.7 Å². The molecule has 0 saturated heterocycles. The zero-order chi connectivity index (χ0) is 50.3. The van der Waals surface area contributed by atoms with Gasteiger partial charge in [-0.05, 0) is 123 Å². The van der Waals surface area contributed by atoms with E-state index >= 15 is 0 Å². The van der Waals surface area contributed by atoms with E-state index in [1.807, 2.05) is 50.2 Å². The number of fused-ring (bicyclic) bond motifs is 9. The van der Waals surface area contributed by atoms with Crippen molar-refractivity contribution in [1.29, 1.82) is 5.26 Å². The molecule has 0 aliphatic carbocycles. The molecule has 0 spiro atoms. The van der Waals surface area contributed by atoms with E-state index in [1.165, 1.54) is 15.2 Å². The van der Waals surface area contributed by atoms with Gasteiger partial charge in [0.05, 0.1) is 78.0 Å². The van der Waals surface area contributed by atoms with Crippen molar-refractivity contribution in [2.45, 2.75) is 38.6 Å². The molecule has 8 aromatic carbocycles. The predicted octanol–water partition coefficient (Wildman–Crippen LogP) is 17.2. The number of benzene rings is 8. The molecule has 0 amide bonds. The Morgan fingerprint density at radius 2 is 0.690 bits per heavy atom. The summed E-state index contributed by atoms with van der Waals surface area (Å²) in [5.74, 6) is 0. The zero-order valence-electron chi connectivity index (χ0n) is 36.7. The molecule has 3 aromatic heterocycles. The molecule has 0 atom stereocenters. The lowest BCUT2D eigenvalue weighted by Crippen LogP contribution is -2.12. The van der Waals surface area contributed by atoms with Gasteiger partial charge >= 0.3 is 24.7 Å². The summed E-state index contributed by atoms with van der Waals surface area (Å²) in [6.45, 7) is 3.77. The summed E-state index contributed by atoms with van der Waals surface area (Å²) >= 11 is 0. The van der Waals surface area contributed by atoms with Gasteiger partial charge in [-0.1, -0.05) is 53.6 Å². The van der Waals surface area contributed by atoms with Crippen LogP contribution in [0.1, 0.15) is 38.9 Å². The molecule has 0 saturated carbocycles. The third-order valence-electron chi connectivity index (χ3n) is 13.0. The molecule has 0 N–H and O–H groups in total. The van der Waals surface area contributed by atoms with Gasteiger partial charge in [0, 0.05) is 37.9 Å². The highest BCUT2D eigenvalue weighted by molar-refractivity contribution is 6.15. The molecule has 3 heterocycles. The number of alkyl halides is 12. The minimum Gasteiger partial charge on any atom is -0.308 e. The number of hydrogen-bond acceptors (Lipinski definition) is 1. The Hall–Kier alpha value is -8.19. The maximum absolute atomic E-state index is 14.6. The highest BCUT2D eigenvalue weighted by Crippen LogP contribution is 2.50. The van der Waals surface area contributed by atoms with E-state index < -0.39 is 47.0 Å². The number of nitrogens with zero attached hydrogens (tertiary/aromatic N) is 4. The quantitative estimate of drug-likeness (QED) is 0.162. The first-order chi connectivity index (χ1) is 33.5. The minimum absolute atomic E-state index is 0.0123. The van der Waals surface area contributed by atoms with E-state index in [2.05, 4.69) is 6.07 Å². The fourth-order valence-corrected chi connectivity index (χ4v) is 9.98. The molecule has 11 rings (SSSR count). The third-order valence-corrected chi connectivity index (χ3v) is 13.0. The van der Waals surface area contributed by atoms with Crippen LogP contribution in [0.2, 0.25) is 0 Å². The van der Waals surface area contributed by atoms with Gasteiger partial charge < -0.3 is 13.7 Å². The topological polar surface area (TPSA) is 38.6 Å². The number of hydrogen-bond donors (Lipinski definition) is 0. The lowest BCUT2D eigenvalue weighted by atomic mass is 9.95. The first kappa shape index (κ1) is 45.3. The van der Waals surface area contributed by atoms with Gasteiger partial charge in [0.25, 0.3) is 0 Å². The average molecular weight is 975 g/mol. The van der Waals surface area contributed by atoms with Crippen LogP contribution >= 0.6 is 0 Å². The molecule has 0 aliphatic heterocycles. The van der Waals surface area contributed by atoms with Crippen molar-refractivity contribution in [3.8, 4) is 34.3 Å². The Morgan fingerprint density at radius 3 is 1.04 bits per heavy atom. The first-order valence-electron chi connectivity index (χ1n) is 21.7. The van der Waals surface area contributed by atoms with E-state index in [0.717, 1.165) is 94.7 Å². The van der Waals surface area contributed by atoms with Crippen LogP contribution in [-0.2, 0) is 24.7 Å². The Kier molecular flexibility index (Phi) is 9.82. The molecule has 71 heavy (non-hydrogen) atoms. The maximum Gasteiger partial charge on any atom is 0.416 e. The molecular weight excluding hydrogens is 945 g/mol. The molecule has 4 nitrogen and oxygen atoms in total. The lowest BCUT2D eigenvalue weighted by Gasteiger charge is -2.26. The number of rotatable bonds is 4. The summed E-state index contributed by atoms with van der Waals surface area (Å²) in [5.41, 5.74) is -1.29. The van der Waals surface area contributed by atoms with Gasteiger partial charge in [-0.3, -0.25) is 0 Å². The second-order valence-electron chi connectivity index (χ2n) is 17.5. The van der Waals surface area contributed by atoms with Crippen LogP contribution < -0.4 is 0 Å². The van der Waals surface area contributed by atoms with Gasteiger partial charge in [-0.2, -0.15) is 57.9 Å². The first-order valence-corrected chi connectivity index (χ1v) is 21.7.